The van der Waals surface area contributed by atoms with Crippen molar-refractivity contribution < 1.29 is 17.9 Å². The van der Waals surface area contributed by atoms with Crippen LogP contribution < -0.4 is 0 Å². The van der Waals surface area contributed by atoms with Crippen LogP contribution in [0.15, 0.2) is 16.7 Å². The Hall–Kier alpha value is -0.810. The molecule has 0 aliphatic carbocycles. The maximum atomic E-state index is 11.2. The van der Waals surface area contributed by atoms with Gasteiger partial charge < -0.3 is 9.52 Å². The summed E-state index contributed by atoms with van der Waals surface area (Å²) in [5.74, 6) is 0.983. The van der Waals surface area contributed by atoms with Crippen LogP contribution >= 0.6 is 0 Å². The van der Waals surface area contributed by atoms with Gasteiger partial charge in [-0.15, -0.1) is 0 Å². The zero-order valence-electron chi connectivity index (χ0n) is 9.64. The van der Waals surface area contributed by atoms with Crippen LogP contribution in [0.4, 0.5) is 0 Å². The lowest BCUT2D eigenvalue weighted by atomic mass is 10.1. The standard InChI is InChI=1S/C11H18O4S/c1-3-16(13,14)8-4-5-11(12)10-6-7-15-9(10)2/h6-7,11-12H,3-5,8H2,1-2H3. The number of aliphatic hydroxyl groups excluding tert-OH is 1. The van der Waals surface area contributed by atoms with E-state index >= 15 is 0 Å². The first-order valence-electron chi connectivity index (χ1n) is 5.38. The van der Waals surface area contributed by atoms with Crippen LogP contribution in [-0.4, -0.2) is 25.0 Å². The Morgan fingerprint density at radius 3 is 2.69 bits per heavy atom. The highest BCUT2D eigenvalue weighted by atomic mass is 32.2. The van der Waals surface area contributed by atoms with Gasteiger partial charge in [-0.2, -0.15) is 0 Å². The van der Waals surface area contributed by atoms with Gasteiger partial charge in [0, 0.05) is 11.3 Å². The van der Waals surface area contributed by atoms with Crippen molar-refractivity contribution in [3.05, 3.63) is 23.7 Å². The summed E-state index contributed by atoms with van der Waals surface area (Å²) in [6.07, 6.45) is 1.81. The summed E-state index contributed by atoms with van der Waals surface area (Å²) in [5, 5.41) is 9.80. The van der Waals surface area contributed by atoms with Gasteiger partial charge in [0.2, 0.25) is 0 Å². The normalized spacial score (nSPS) is 13.9. The summed E-state index contributed by atoms with van der Waals surface area (Å²) < 4.78 is 27.5. The van der Waals surface area contributed by atoms with Crippen molar-refractivity contribution in [1.82, 2.24) is 0 Å². The maximum absolute atomic E-state index is 11.2. The molecule has 92 valence electrons. The Labute approximate surface area is 96.2 Å². The molecule has 0 amide bonds. The fourth-order valence-electron chi connectivity index (χ4n) is 1.54. The van der Waals surface area contributed by atoms with E-state index in [-0.39, 0.29) is 11.5 Å². The molecule has 1 N–H and O–H groups in total. The summed E-state index contributed by atoms with van der Waals surface area (Å²) in [4.78, 5) is 0. The second kappa shape index (κ2) is 5.50. The minimum absolute atomic E-state index is 0.136. The second-order valence-corrected chi connectivity index (χ2v) is 6.30. The molecule has 5 heteroatoms. The van der Waals surface area contributed by atoms with E-state index in [0.29, 0.717) is 18.6 Å². The smallest absolute Gasteiger partial charge is 0.150 e. The largest absolute Gasteiger partial charge is 0.469 e. The molecule has 1 unspecified atom stereocenters. The van der Waals surface area contributed by atoms with Crippen molar-refractivity contribution in [2.45, 2.75) is 32.8 Å². The topological polar surface area (TPSA) is 67.5 Å². The minimum atomic E-state index is -2.93. The lowest BCUT2D eigenvalue weighted by Crippen LogP contribution is -2.10. The highest BCUT2D eigenvalue weighted by Crippen LogP contribution is 2.22. The van der Waals surface area contributed by atoms with Crippen molar-refractivity contribution in [3.63, 3.8) is 0 Å². The molecule has 16 heavy (non-hydrogen) atoms. The summed E-state index contributed by atoms with van der Waals surface area (Å²) >= 11 is 0. The predicted octanol–water partition coefficient (Wildman–Crippen LogP) is 1.84. The molecule has 0 aliphatic heterocycles. The van der Waals surface area contributed by atoms with E-state index in [1.165, 1.54) is 6.26 Å². The van der Waals surface area contributed by atoms with Crippen molar-refractivity contribution in [2.75, 3.05) is 11.5 Å². The van der Waals surface area contributed by atoms with Gasteiger partial charge >= 0.3 is 0 Å². The van der Waals surface area contributed by atoms with E-state index in [0.717, 1.165) is 5.56 Å². The number of aryl methyl sites for hydroxylation is 1. The van der Waals surface area contributed by atoms with E-state index in [1.54, 1.807) is 19.9 Å². The Kier molecular flexibility index (Phi) is 4.56. The van der Waals surface area contributed by atoms with Crippen LogP contribution in [0, 0.1) is 6.92 Å². The van der Waals surface area contributed by atoms with E-state index in [9.17, 15) is 13.5 Å². The SMILES string of the molecule is CCS(=O)(=O)CCCC(O)c1ccoc1C. The molecule has 1 aromatic heterocycles. The van der Waals surface area contributed by atoms with Crippen LogP contribution in [-0.2, 0) is 9.84 Å². The Morgan fingerprint density at radius 2 is 2.19 bits per heavy atom. The molecule has 0 fully saturated rings. The van der Waals surface area contributed by atoms with Gasteiger partial charge in [-0.05, 0) is 25.8 Å². The van der Waals surface area contributed by atoms with Crippen LogP contribution in [0.3, 0.4) is 0 Å². The van der Waals surface area contributed by atoms with Crippen molar-refractivity contribution in [3.8, 4) is 0 Å². The fraction of sp³-hybridized carbons (Fsp3) is 0.636. The Balaban J connectivity index is 2.43. The van der Waals surface area contributed by atoms with Gasteiger partial charge in [0.1, 0.15) is 15.6 Å². The molecule has 1 heterocycles. The molecule has 1 atom stereocenters. The minimum Gasteiger partial charge on any atom is -0.469 e. The first kappa shape index (κ1) is 13.3. The van der Waals surface area contributed by atoms with Crippen molar-refractivity contribution >= 4 is 9.84 Å². The van der Waals surface area contributed by atoms with Crippen LogP contribution in [0.2, 0.25) is 0 Å². The molecular weight excluding hydrogens is 228 g/mol. The third-order valence-corrected chi connectivity index (χ3v) is 4.42. The molecule has 0 aliphatic rings. The summed E-state index contributed by atoms with van der Waals surface area (Å²) in [6.45, 7) is 3.41. The molecule has 0 spiro atoms. The van der Waals surface area contributed by atoms with E-state index in [4.69, 9.17) is 4.42 Å². The molecule has 0 saturated heterocycles. The molecule has 4 nitrogen and oxygen atoms in total. The zero-order chi connectivity index (χ0) is 12.2. The van der Waals surface area contributed by atoms with Crippen molar-refractivity contribution in [2.24, 2.45) is 0 Å². The highest BCUT2D eigenvalue weighted by Gasteiger charge is 2.14. The van der Waals surface area contributed by atoms with Crippen LogP contribution in [0.1, 0.15) is 37.2 Å². The van der Waals surface area contributed by atoms with Gasteiger partial charge in [-0.3, -0.25) is 0 Å². The molecule has 0 aromatic carbocycles. The molecular formula is C11H18O4S. The number of rotatable bonds is 6. The van der Waals surface area contributed by atoms with Crippen LogP contribution in [0.25, 0.3) is 0 Å². The molecule has 0 bridgehead atoms. The van der Waals surface area contributed by atoms with Gasteiger partial charge in [0.25, 0.3) is 0 Å². The number of sulfone groups is 1. The lowest BCUT2D eigenvalue weighted by Gasteiger charge is -2.09. The molecule has 0 saturated carbocycles. The summed E-state index contributed by atoms with van der Waals surface area (Å²) in [6, 6.07) is 1.72. The number of aliphatic hydroxyl groups is 1. The third kappa shape index (κ3) is 3.64. The molecule has 1 rings (SSSR count). The molecule has 1 aromatic rings. The van der Waals surface area contributed by atoms with E-state index < -0.39 is 15.9 Å². The van der Waals surface area contributed by atoms with E-state index in [1.807, 2.05) is 0 Å². The lowest BCUT2D eigenvalue weighted by molar-refractivity contribution is 0.165. The first-order valence-corrected chi connectivity index (χ1v) is 7.21. The van der Waals surface area contributed by atoms with Crippen molar-refractivity contribution in [1.29, 1.82) is 0 Å². The first-order chi connectivity index (χ1) is 7.46. The highest BCUT2D eigenvalue weighted by molar-refractivity contribution is 7.91. The Morgan fingerprint density at radius 1 is 1.50 bits per heavy atom. The van der Waals surface area contributed by atoms with Gasteiger partial charge in [-0.1, -0.05) is 6.92 Å². The average Bonchev–Trinajstić information content (AvgIpc) is 2.64. The van der Waals surface area contributed by atoms with Crippen LogP contribution in [0.5, 0.6) is 0 Å². The van der Waals surface area contributed by atoms with Gasteiger partial charge in [0.05, 0.1) is 18.1 Å². The predicted molar refractivity (Wildman–Crippen MR) is 62.0 cm³/mol. The van der Waals surface area contributed by atoms with E-state index in [2.05, 4.69) is 0 Å². The maximum Gasteiger partial charge on any atom is 0.150 e. The number of hydrogen-bond acceptors (Lipinski definition) is 4. The molecule has 0 radical (unpaired) electrons. The Bertz CT molecular complexity index is 419. The summed E-state index contributed by atoms with van der Waals surface area (Å²) in [5.41, 5.74) is 0.744. The fourth-order valence-corrected chi connectivity index (χ4v) is 2.43. The number of furan rings is 1. The third-order valence-electron chi connectivity index (χ3n) is 2.63. The summed E-state index contributed by atoms with van der Waals surface area (Å²) in [7, 11) is -2.93. The number of hydrogen-bond donors (Lipinski definition) is 1. The van der Waals surface area contributed by atoms with Gasteiger partial charge in [0.15, 0.2) is 0 Å². The average molecular weight is 246 g/mol. The second-order valence-electron chi connectivity index (χ2n) is 3.83. The monoisotopic (exact) mass is 246 g/mol. The van der Waals surface area contributed by atoms with Gasteiger partial charge in [-0.25, -0.2) is 8.42 Å². The quantitative estimate of drug-likeness (QED) is 0.831. The zero-order valence-corrected chi connectivity index (χ0v) is 10.5.